The van der Waals surface area contributed by atoms with Gasteiger partial charge in [0.1, 0.15) is 12.4 Å². The molecule has 0 radical (unpaired) electrons. The molecular formula is C8H12ClN3O3S. The minimum Gasteiger partial charge on any atom is -0.355 e. The van der Waals surface area contributed by atoms with Crippen molar-refractivity contribution in [2.75, 3.05) is 6.54 Å². The molecule has 16 heavy (non-hydrogen) atoms. The van der Waals surface area contributed by atoms with Crippen LogP contribution in [0.25, 0.3) is 0 Å². The predicted octanol–water partition coefficient (Wildman–Crippen LogP) is 0.255. The molecule has 0 aliphatic heterocycles. The zero-order valence-corrected chi connectivity index (χ0v) is 10.5. The van der Waals surface area contributed by atoms with Gasteiger partial charge in [0.2, 0.25) is 5.91 Å². The summed E-state index contributed by atoms with van der Waals surface area (Å²) < 4.78 is 23.4. The molecule has 1 rings (SSSR count). The first-order chi connectivity index (χ1) is 7.34. The number of imidazole rings is 1. The van der Waals surface area contributed by atoms with Crippen molar-refractivity contribution in [3.63, 3.8) is 0 Å². The Labute approximate surface area is 98.0 Å². The maximum absolute atomic E-state index is 11.3. The summed E-state index contributed by atoms with van der Waals surface area (Å²) in [5.41, 5.74) is 0. The smallest absolute Gasteiger partial charge is 0.280 e. The molecule has 0 aliphatic carbocycles. The van der Waals surface area contributed by atoms with Crippen molar-refractivity contribution in [1.29, 1.82) is 0 Å². The average Bonchev–Trinajstić information content (AvgIpc) is 2.47. The third-order valence-electron chi connectivity index (χ3n) is 1.89. The first-order valence-electron chi connectivity index (χ1n) is 4.59. The van der Waals surface area contributed by atoms with Crippen LogP contribution < -0.4 is 5.32 Å². The molecule has 0 aliphatic rings. The minimum absolute atomic E-state index is 0.0269. The molecule has 0 saturated carbocycles. The van der Waals surface area contributed by atoms with E-state index < -0.39 is 9.05 Å². The number of nitrogens with one attached hydrogen (secondary N) is 1. The van der Waals surface area contributed by atoms with E-state index in [2.05, 4.69) is 10.3 Å². The van der Waals surface area contributed by atoms with E-state index in [0.29, 0.717) is 12.4 Å². The van der Waals surface area contributed by atoms with Gasteiger partial charge in [-0.1, -0.05) is 0 Å². The molecule has 1 N–H and O–H groups in total. The Morgan fingerprint density at radius 3 is 2.69 bits per heavy atom. The third-order valence-corrected chi connectivity index (χ3v) is 3.06. The fraction of sp³-hybridized carbons (Fsp3) is 0.500. The highest BCUT2D eigenvalue weighted by atomic mass is 35.7. The molecule has 90 valence electrons. The van der Waals surface area contributed by atoms with Gasteiger partial charge in [0.25, 0.3) is 9.05 Å². The van der Waals surface area contributed by atoms with E-state index in [4.69, 9.17) is 10.7 Å². The summed E-state index contributed by atoms with van der Waals surface area (Å²) in [5.74, 6) is 0.215. The van der Waals surface area contributed by atoms with Crippen LogP contribution in [0.4, 0.5) is 0 Å². The van der Waals surface area contributed by atoms with E-state index in [1.54, 1.807) is 13.8 Å². The largest absolute Gasteiger partial charge is 0.355 e. The number of aryl methyl sites for hydroxylation is 1. The number of amides is 1. The van der Waals surface area contributed by atoms with Gasteiger partial charge in [0.05, 0.1) is 0 Å². The first-order valence-corrected chi connectivity index (χ1v) is 6.90. The number of nitrogens with zero attached hydrogens (tertiary/aromatic N) is 2. The van der Waals surface area contributed by atoms with Crippen LogP contribution in [0.15, 0.2) is 11.2 Å². The van der Waals surface area contributed by atoms with E-state index >= 15 is 0 Å². The highest BCUT2D eigenvalue weighted by molar-refractivity contribution is 8.13. The molecule has 0 saturated heterocycles. The Morgan fingerprint density at radius 1 is 1.62 bits per heavy atom. The molecule has 0 unspecified atom stereocenters. The summed E-state index contributed by atoms with van der Waals surface area (Å²) in [6, 6.07) is 0. The highest BCUT2D eigenvalue weighted by Crippen LogP contribution is 2.13. The van der Waals surface area contributed by atoms with Crippen molar-refractivity contribution in [3.05, 3.63) is 12.0 Å². The normalized spacial score (nSPS) is 11.4. The van der Waals surface area contributed by atoms with Crippen molar-refractivity contribution in [2.45, 2.75) is 25.4 Å². The fourth-order valence-corrected chi connectivity index (χ4v) is 1.88. The lowest BCUT2D eigenvalue weighted by atomic mass is 10.5. The minimum atomic E-state index is -3.84. The van der Waals surface area contributed by atoms with Gasteiger partial charge in [0.15, 0.2) is 5.03 Å². The molecular weight excluding hydrogens is 254 g/mol. The predicted molar refractivity (Wildman–Crippen MR) is 58.7 cm³/mol. The second-order valence-electron chi connectivity index (χ2n) is 3.15. The van der Waals surface area contributed by atoms with Gasteiger partial charge in [-0.15, -0.1) is 0 Å². The Kier molecular flexibility index (Phi) is 3.93. The standard InChI is InChI=1S/C8H12ClN3O3S/c1-3-10-7(13)4-12-5-8(11-6(12)2)16(9,14)15/h5H,3-4H2,1-2H3,(H,10,13). The van der Waals surface area contributed by atoms with Crippen LogP contribution in [0.1, 0.15) is 12.7 Å². The summed E-state index contributed by atoms with van der Waals surface area (Å²) in [7, 11) is 1.29. The SMILES string of the molecule is CCNC(=O)Cn1cc(S(=O)(=O)Cl)nc1C. The summed E-state index contributed by atoms with van der Waals surface area (Å²) in [5, 5.41) is 2.36. The van der Waals surface area contributed by atoms with E-state index in [9.17, 15) is 13.2 Å². The van der Waals surface area contributed by atoms with Crippen LogP contribution >= 0.6 is 10.7 Å². The average molecular weight is 266 g/mol. The summed E-state index contributed by atoms with van der Waals surface area (Å²) in [6.45, 7) is 3.95. The van der Waals surface area contributed by atoms with Crippen LogP contribution in [-0.2, 0) is 20.4 Å². The van der Waals surface area contributed by atoms with Gasteiger partial charge in [-0.25, -0.2) is 13.4 Å². The molecule has 1 aromatic heterocycles. The Hall–Kier alpha value is -1.08. The molecule has 1 amide bonds. The zero-order valence-electron chi connectivity index (χ0n) is 8.90. The second-order valence-corrected chi connectivity index (χ2v) is 5.66. The van der Waals surface area contributed by atoms with Crippen LogP contribution in [-0.4, -0.2) is 30.4 Å². The molecule has 8 heteroatoms. The van der Waals surface area contributed by atoms with Gasteiger partial charge < -0.3 is 9.88 Å². The van der Waals surface area contributed by atoms with Crippen molar-refractivity contribution in [1.82, 2.24) is 14.9 Å². The number of carbonyl (C=O) groups is 1. The van der Waals surface area contributed by atoms with E-state index in [1.165, 1.54) is 10.8 Å². The lowest BCUT2D eigenvalue weighted by Gasteiger charge is -2.03. The van der Waals surface area contributed by atoms with Gasteiger partial charge in [0, 0.05) is 23.4 Å². The van der Waals surface area contributed by atoms with Crippen molar-refractivity contribution in [3.8, 4) is 0 Å². The third kappa shape index (κ3) is 3.21. The van der Waals surface area contributed by atoms with Crippen LogP contribution in [0.3, 0.4) is 0 Å². The van der Waals surface area contributed by atoms with Gasteiger partial charge in [-0.05, 0) is 13.8 Å². The number of hydrogen-bond donors (Lipinski definition) is 1. The Bertz CT molecular complexity index is 495. The quantitative estimate of drug-likeness (QED) is 0.792. The zero-order chi connectivity index (χ0) is 12.3. The Balaban J connectivity index is 2.91. The van der Waals surface area contributed by atoms with E-state index in [-0.39, 0.29) is 17.5 Å². The highest BCUT2D eigenvalue weighted by Gasteiger charge is 2.16. The summed E-state index contributed by atoms with van der Waals surface area (Å²) >= 11 is 0. The van der Waals surface area contributed by atoms with Gasteiger partial charge in [-0.3, -0.25) is 4.79 Å². The van der Waals surface area contributed by atoms with Crippen LogP contribution in [0.5, 0.6) is 0 Å². The van der Waals surface area contributed by atoms with Gasteiger partial charge in [-0.2, -0.15) is 0 Å². The summed E-state index contributed by atoms with van der Waals surface area (Å²) in [6.07, 6.45) is 1.24. The van der Waals surface area contributed by atoms with E-state index in [1.807, 2.05) is 0 Å². The fourth-order valence-electron chi connectivity index (χ4n) is 1.16. The molecule has 0 bridgehead atoms. The molecule has 1 aromatic rings. The number of rotatable bonds is 4. The molecule has 1 heterocycles. The van der Waals surface area contributed by atoms with Crippen LogP contribution in [0, 0.1) is 6.92 Å². The molecule has 0 spiro atoms. The number of halogens is 1. The topological polar surface area (TPSA) is 81.1 Å². The number of aromatic nitrogens is 2. The van der Waals surface area contributed by atoms with E-state index in [0.717, 1.165) is 0 Å². The van der Waals surface area contributed by atoms with Crippen molar-refractivity contribution >= 4 is 25.6 Å². The molecule has 0 aromatic carbocycles. The number of carbonyl (C=O) groups excluding carboxylic acids is 1. The maximum atomic E-state index is 11.3. The van der Waals surface area contributed by atoms with Gasteiger partial charge >= 0.3 is 0 Å². The van der Waals surface area contributed by atoms with Crippen molar-refractivity contribution < 1.29 is 13.2 Å². The first kappa shape index (κ1) is 13.0. The van der Waals surface area contributed by atoms with Crippen LogP contribution in [0.2, 0.25) is 0 Å². The number of likely N-dealkylation sites (N-methyl/N-ethyl adjacent to an activating group) is 1. The molecule has 6 nitrogen and oxygen atoms in total. The summed E-state index contributed by atoms with van der Waals surface area (Å²) in [4.78, 5) is 15.0. The number of hydrogen-bond acceptors (Lipinski definition) is 4. The Morgan fingerprint density at radius 2 is 2.25 bits per heavy atom. The second kappa shape index (κ2) is 4.84. The molecule has 0 atom stereocenters. The van der Waals surface area contributed by atoms with Crippen molar-refractivity contribution in [2.24, 2.45) is 0 Å². The lowest BCUT2D eigenvalue weighted by molar-refractivity contribution is -0.121. The molecule has 0 fully saturated rings. The lowest BCUT2D eigenvalue weighted by Crippen LogP contribution is -2.27. The monoisotopic (exact) mass is 265 g/mol. The maximum Gasteiger partial charge on any atom is 0.280 e.